The quantitative estimate of drug-likeness (QED) is 0.565. The van der Waals surface area contributed by atoms with Crippen molar-refractivity contribution < 1.29 is 19.0 Å². The Bertz CT molecular complexity index is 785. The maximum atomic E-state index is 12.4. The Balaban J connectivity index is 1.79. The molecule has 1 saturated heterocycles. The van der Waals surface area contributed by atoms with Crippen LogP contribution in [-0.4, -0.2) is 30.9 Å². The number of esters is 1. The molecule has 0 aromatic heterocycles. The number of hydrogen-bond donors (Lipinski definition) is 0. The largest absolute Gasteiger partial charge is 0.456 e. The first-order valence-electron chi connectivity index (χ1n) is 8.95. The second-order valence-corrected chi connectivity index (χ2v) is 7.66. The van der Waals surface area contributed by atoms with E-state index >= 15 is 0 Å². The van der Waals surface area contributed by atoms with Crippen molar-refractivity contribution in [1.82, 2.24) is 0 Å². The summed E-state index contributed by atoms with van der Waals surface area (Å²) in [6.45, 7) is 9.53. The van der Waals surface area contributed by atoms with E-state index in [0.29, 0.717) is 18.8 Å². The predicted molar refractivity (Wildman–Crippen MR) is 101 cm³/mol. The molecule has 26 heavy (non-hydrogen) atoms. The second kappa shape index (κ2) is 7.60. The Kier molecular flexibility index (Phi) is 5.44. The lowest BCUT2D eigenvalue weighted by molar-refractivity contribution is 0.00688. The van der Waals surface area contributed by atoms with Crippen molar-refractivity contribution in [2.75, 3.05) is 13.2 Å². The highest BCUT2D eigenvalue weighted by molar-refractivity contribution is 5.92. The fourth-order valence-electron chi connectivity index (χ4n) is 2.79. The molecule has 0 spiro atoms. The fraction of sp³-hybridized carbons (Fsp3) is 0.409. The lowest BCUT2D eigenvalue weighted by atomic mass is 9.96. The summed E-state index contributed by atoms with van der Waals surface area (Å²) in [6.07, 6.45) is 0.262. The van der Waals surface area contributed by atoms with E-state index in [-0.39, 0.29) is 12.1 Å². The van der Waals surface area contributed by atoms with E-state index in [1.54, 1.807) is 0 Å². The van der Waals surface area contributed by atoms with Crippen molar-refractivity contribution in [3.05, 3.63) is 59.2 Å². The Morgan fingerprint density at radius 2 is 1.92 bits per heavy atom. The van der Waals surface area contributed by atoms with Gasteiger partial charge in [0.05, 0.1) is 25.4 Å². The van der Waals surface area contributed by atoms with E-state index < -0.39 is 5.60 Å². The molecule has 138 valence electrons. The number of aryl methyl sites for hydroxylation is 1. The highest BCUT2D eigenvalue weighted by Crippen LogP contribution is 2.27. The van der Waals surface area contributed by atoms with Crippen LogP contribution in [0.2, 0.25) is 0 Å². The molecule has 0 unspecified atom stereocenters. The molecule has 0 amide bonds. The molecule has 2 aromatic rings. The van der Waals surface area contributed by atoms with Crippen LogP contribution in [0.5, 0.6) is 0 Å². The minimum absolute atomic E-state index is 0.262. The van der Waals surface area contributed by atoms with Crippen molar-refractivity contribution in [1.29, 1.82) is 0 Å². The van der Waals surface area contributed by atoms with E-state index in [1.165, 1.54) is 0 Å². The molecule has 0 radical (unpaired) electrons. The van der Waals surface area contributed by atoms with Crippen molar-refractivity contribution in [3.63, 3.8) is 0 Å². The predicted octanol–water partition coefficient (Wildman–Crippen LogP) is 4.53. The number of rotatable bonds is 6. The Morgan fingerprint density at radius 1 is 1.19 bits per heavy atom. The monoisotopic (exact) mass is 354 g/mol. The van der Waals surface area contributed by atoms with Crippen LogP contribution < -0.4 is 0 Å². The van der Waals surface area contributed by atoms with Crippen LogP contribution in [0.3, 0.4) is 0 Å². The molecule has 4 heteroatoms. The molecule has 0 bridgehead atoms. The van der Waals surface area contributed by atoms with Gasteiger partial charge in [0.25, 0.3) is 0 Å². The van der Waals surface area contributed by atoms with Gasteiger partial charge >= 0.3 is 5.97 Å². The zero-order chi connectivity index (χ0) is 18.7. The van der Waals surface area contributed by atoms with Gasteiger partial charge in [-0.15, -0.1) is 0 Å². The Hall–Kier alpha value is -2.17. The van der Waals surface area contributed by atoms with Crippen LogP contribution >= 0.6 is 0 Å². The molecule has 0 aliphatic carbocycles. The molecule has 1 aliphatic rings. The molecule has 0 N–H and O–H groups in total. The third-order valence-corrected chi connectivity index (χ3v) is 4.14. The number of carbonyl (C=O) groups is 1. The summed E-state index contributed by atoms with van der Waals surface area (Å²) in [4.78, 5) is 12.4. The Morgan fingerprint density at radius 3 is 2.58 bits per heavy atom. The summed E-state index contributed by atoms with van der Waals surface area (Å²) in [5.41, 5.74) is 4.30. The minimum atomic E-state index is -0.503. The van der Waals surface area contributed by atoms with E-state index in [1.807, 2.05) is 58.0 Å². The maximum absolute atomic E-state index is 12.4. The standard InChI is InChI=1S/C22H26O4/c1-15-11-16(9-10-19(15)21(23)26-22(2,3)4)20-8-6-5-7-17(20)12-24-13-18-14-25-18/h5-11,18H,12-14H2,1-4H3/t18-/m0/s1. The summed E-state index contributed by atoms with van der Waals surface area (Å²) in [5.74, 6) is -0.289. The first-order valence-corrected chi connectivity index (χ1v) is 8.95. The van der Waals surface area contributed by atoms with E-state index in [4.69, 9.17) is 14.2 Å². The van der Waals surface area contributed by atoms with Crippen LogP contribution in [0, 0.1) is 6.92 Å². The summed E-state index contributed by atoms with van der Waals surface area (Å²) < 4.78 is 16.4. The first kappa shape index (κ1) is 18.6. The van der Waals surface area contributed by atoms with Gasteiger partial charge in [-0.1, -0.05) is 36.4 Å². The highest BCUT2D eigenvalue weighted by atomic mass is 16.6. The molecule has 1 heterocycles. The van der Waals surface area contributed by atoms with Crippen LogP contribution in [0.4, 0.5) is 0 Å². The SMILES string of the molecule is Cc1cc(-c2ccccc2COC[C@H]2CO2)ccc1C(=O)OC(C)(C)C. The molecular formula is C22H26O4. The topological polar surface area (TPSA) is 48.1 Å². The van der Waals surface area contributed by atoms with Crippen LogP contribution in [0.1, 0.15) is 42.3 Å². The number of hydrogen-bond acceptors (Lipinski definition) is 4. The molecule has 1 fully saturated rings. The number of benzene rings is 2. The van der Waals surface area contributed by atoms with Crippen molar-refractivity contribution >= 4 is 5.97 Å². The summed E-state index contributed by atoms with van der Waals surface area (Å²) in [5, 5.41) is 0. The highest BCUT2D eigenvalue weighted by Gasteiger charge is 2.22. The van der Waals surface area contributed by atoms with E-state index in [9.17, 15) is 4.79 Å². The van der Waals surface area contributed by atoms with Gasteiger partial charge in [0, 0.05) is 0 Å². The van der Waals surface area contributed by atoms with E-state index in [2.05, 4.69) is 12.1 Å². The number of epoxide rings is 1. The fourth-order valence-corrected chi connectivity index (χ4v) is 2.79. The molecule has 4 nitrogen and oxygen atoms in total. The van der Waals surface area contributed by atoms with Gasteiger partial charge in [-0.05, 0) is 56.0 Å². The lowest BCUT2D eigenvalue weighted by Gasteiger charge is -2.20. The molecule has 3 rings (SSSR count). The number of ether oxygens (including phenoxy) is 3. The van der Waals surface area contributed by atoms with Crippen molar-refractivity contribution in [2.24, 2.45) is 0 Å². The van der Waals surface area contributed by atoms with E-state index in [0.717, 1.165) is 28.9 Å². The molecule has 1 aliphatic heterocycles. The molecular weight excluding hydrogens is 328 g/mol. The summed E-state index contributed by atoms with van der Waals surface area (Å²) in [7, 11) is 0. The molecule has 1 atom stereocenters. The van der Waals surface area contributed by atoms with Gasteiger partial charge < -0.3 is 14.2 Å². The second-order valence-electron chi connectivity index (χ2n) is 7.66. The van der Waals surface area contributed by atoms with Crippen LogP contribution in [0.25, 0.3) is 11.1 Å². The van der Waals surface area contributed by atoms with Gasteiger partial charge in [-0.25, -0.2) is 4.79 Å². The smallest absolute Gasteiger partial charge is 0.338 e. The summed E-state index contributed by atoms with van der Waals surface area (Å²) in [6, 6.07) is 14.0. The Labute approximate surface area is 155 Å². The third kappa shape index (κ3) is 4.93. The van der Waals surface area contributed by atoms with Gasteiger partial charge in [-0.2, -0.15) is 0 Å². The maximum Gasteiger partial charge on any atom is 0.338 e. The minimum Gasteiger partial charge on any atom is -0.456 e. The van der Waals surface area contributed by atoms with Gasteiger partial charge in [-0.3, -0.25) is 0 Å². The lowest BCUT2D eigenvalue weighted by Crippen LogP contribution is -2.24. The van der Waals surface area contributed by atoms with Crippen LogP contribution in [0.15, 0.2) is 42.5 Å². The average Bonchev–Trinajstić information content (AvgIpc) is 3.38. The van der Waals surface area contributed by atoms with Gasteiger partial charge in [0.15, 0.2) is 0 Å². The zero-order valence-electron chi connectivity index (χ0n) is 15.9. The summed E-state index contributed by atoms with van der Waals surface area (Å²) >= 11 is 0. The number of carbonyl (C=O) groups excluding carboxylic acids is 1. The van der Waals surface area contributed by atoms with Crippen LogP contribution in [-0.2, 0) is 20.8 Å². The molecule has 0 saturated carbocycles. The third-order valence-electron chi connectivity index (χ3n) is 4.14. The normalized spacial score (nSPS) is 16.4. The average molecular weight is 354 g/mol. The van der Waals surface area contributed by atoms with Gasteiger partial charge in [0.1, 0.15) is 11.7 Å². The van der Waals surface area contributed by atoms with Gasteiger partial charge in [0.2, 0.25) is 0 Å². The van der Waals surface area contributed by atoms with Crippen molar-refractivity contribution in [3.8, 4) is 11.1 Å². The molecule has 2 aromatic carbocycles. The first-order chi connectivity index (χ1) is 12.3. The zero-order valence-corrected chi connectivity index (χ0v) is 15.9. The van der Waals surface area contributed by atoms with Crippen molar-refractivity contribution in [2.45, 2.75) is 46.0 Å².